The largest absolute Gasteiger partial charge is 0.459 e. The molecule has 0 bridgehead atoms. The van der Waals surface area contributed by atoms with Gasteiger partial charge in [-0.3, -0.25) is 19.7 Å². The fraction of sp³-hybridized carbons (Fsp3) is 0.188. The van der Waals surface area contributed by atoms with Crippen LogP contribution in [0.1, 0.15) is 27.5 Å². The maximum Gasteiger partial charge on any atom is 0.302 e. The molecule has 3 aromatic heterocycles. The molecule has 2 amide bonds. The lowest BCUT2D eigenvalue weighted by Gasteiger charge is -2.04. The molecule has 0 saturated carbocycles. The summed E-state index contributed by atoms with van der Waals surface area (Å²) in [5.41, 5.74) is -0.179. The SMILES string of the molecule is O=C(NCCCn1ncccc1=O)c1coc(NC(=O)c2ccco2)n1. The number of carbonyl (C=O) groups excluding carboxylic acids is 2. The number of amides is 2. The second-order valence-corrected chi connectivity index (χ2v) is 5.16. The van der Waals surface area contributed by atoms with E-state index in [4.69, 9.17) is 8.83 Å². The van der Waals surface area contributed by atoms with Gasteiger partial charge in [-0.25, -0.2) is 4.68 Å². The van der Waals surface area contributed by atoms with E-state index in [1.54, 1.807) is 12.1 Å². The van der Waals surface area contributed by atoms with Crippen LogP contribution in [0.15, 0.2) is 56.6 Å². The van der Waals surface area contributed by atoms with E-state index in [0.717, 1.165) is 6.26 Å². The third kappa shape index (κ3) is 4.23. The van der Waals surface area contributed by atoms with Gasteiger partial charge in [-0.1, -0.05) is 0 Å². The van der Waals surface area contributed by atoms with Gasteiger partial charge in [0.2, 0.25) is 0 Å². The molecule has 134 valence electrons. The molecule has 3 heterocycles. The van der Waals surface area contributed by atoms with Gasteiger partial charge in [-0.05, 0) is 24.6 Å². The molecule has 3 aromatic rings. The van der Waals surface area contributed by atoms with Crippen molar-refractivity contribution in [3.63, 3.8) is 0 Å². The third-order valence-corrected chi connectivity index (χ3v) is 3.32. The van der Waals surface area contributed by atoms with Gasteiger partial charge in [0.25, 0.3) is 17.4 Å². The van der Waals surface area contributed by atoms with Crippen molar-refractivity contribution < 1.29 is 18.4 Å². The number of carbonyl (C=O) groups is 2. The summed E-state index contributed by atoms with van der Waals surface area (Å²) in [6.45, 7) is 0.700. The van der Waals surface area contributed by atoms with Gasteiger partial charge in [-0.15, -0.1) is 0 Å². The van der Waals surface area contributed by atoms with Gasteiger partial charge in [0, 0.05) is 25.4 Å². The molecule has 0 radical (unpaired) electrons. The number of furan rings is 1. The Morgan fingerprint density at radius 3 is 2.81 bits per heavy atom. The smallest absolute Gasteiger partial charge is 0.302 e. The number of aromatic nitrogens is 3. The Morgan fingerprint density at radius 2 is 2.04 bits per heavy atom. The summed E-state index contributed by atoms with van der Waals surface area (Å²) in [6.07, 6.45) is 4.54. The minimum Gasteiger partial charge on any atom is -0.459 e. The molecular weight excluding hydrogens is 342 g/mol. The zero-order valence-corrected chi connectivity index (χ0v) is 13.5. The topological polar surface area (TPSA) is 132 Å². The average molecular weight is 357 g/mol. The van der Waals surface area contributed by atoms with Crippen LogP contribution in [0.4, 0.5) is 6.01 Å². The number of oxazole rings is 1. The first-order valence-corrected chi connectivity index (χ1v) is 7.74. The summed E-state index contributed by atoms with van der Waals surface area (Å²) >= 11 is 0. The predicted molar refractivity (Wildman–Crippen MR) is 88.6 cm³/mol. The molecule has 26 heavy (non-hydrogen) atoms. The third-order valence-electron chi connectivity index (χ3n) is 3.32. The van der Waals surface area contributed by atoms with Gasteiger partial charge < -0.3 is 14.2 Å². The number of hydrogen-bond donors (Lipinski definition) is 2. The van der Waals surface area contributed by atoms with E-state index in [1.165, 1.54) is 29.3 Å². The molecular formula is C16H15N5O5. The van der Waals surface area contributed by atoms with E-state index < -0.39 is 11.8 Å². The molecule has 3 rings (SSSR count). The summed E-state index contributed by atoms with van der Waals surface area (Å²) < 4.78 is 11.3. The Hall–Kier alpha value is -3.69. The highest BCUT2D eigenvalue weighted by molar-refractivity contribution is 6.01. The van der Waals surface area contributed by atoms with E-state index in [-0.39, 0.29) is 23.0 Å². The van der Waals surface area contributed by atoms with Crippen LogP contribution < -0.4 is 16.2 Å². The quantitative estimate of drug-likeness (QED) is 0.600. The van der Waals surface area contributed by atoms with Crippen LogP contribution in [0.25, 0.3) is 0 Å². The van der Waals surface area contributed by atoms with Crippen molar-refractivity contribution in [2.24, 2.45) is 0 Å². The molecule has 0 aromatic carbocycles. The first-order valence-electron chi connectivity index (χ1n) is 7.74. The second kappa shape index (κ2) is 7.92. The lowest BCUT2D eigenvalue weighted by Crippen LogP contribution is -2.28. The van der Waals surface area contributed by atoms with Gasteiger partial charge >= 0.3 is 6.01 Å². The van der Waals surface area contributed by atoms with Gasteiger partial charge in [0.05, 0.1) is 6.26 Å². The normalized spacial score (nSPS) is 10.5. The highest BCUT2D eigenvalue weighted by Crippen LogP contribution is 2.10. The number of hydrogen-bond acceptors (Lipinski definition) is 7. The average Bonchev–Trinajstić information content (AvgIpc) is 3.32. The second-order valence-electron chi connectivity index (χ2n) is 5.16. The maximum atomic E-state index is 12.0. The van der Waals surface area contributed by atoms with E-state index >= 15 is 0 Å². The summed E-state index contributed by atoms with van der Waals surface area (Å²) in [7, 11) is 0. The van der Waals surface area contributed by atoms with Crippen molar-refractivity contribution >= 4 is 17.8 Å². The molecule has 0 aliphatic carbocycles. The minimum absolute atomic E-state index is 0.0229. The Morgan fingerprint density at radius 1 is 1.15 bits per heavy atom. The summed E-state index contributed by atoms with van der Waals surface area (Å²) in [6, 6.07) is 5.92. The first kappa shape index (κ1) is 17.1. The number of nitrogens with one attached hydrogen (secondary N) is 2. The molecule has 0 saturated heterocycles. The van der Waals surface area contributed by atoms with E-state index in [2.05, 4.69) is 20.7 Å². The van der Waals surface area contributed by atoms with Crippen LogP contribution in [-0.4, -0.2) is 33.1 Å². The van der Waals surface area contributed by atoms with Crippen LogP contribution in [0, 0.1) is 0 Å². The molecule has 0 aliphatic rings. The molecule has 10 heteroatoms. The Labute approximate surface area is 146 Å². The molecule has 10 nitrogen and oxygen atoms in total. The summed E-state index contributed by atoms with van der Waals surface area (Å²) in [5, 5.41) is 8.95. The van der Waals surface area contributed by atoms with Crippen LogP contribution in [-0.2, 0) is 6.54 Å². The van der Waals surface area contributed by atoms with Crippen molar-refractivity contribution in [1.29, 1.82) is 0 Å². The minimum atomic E-state index is -0.537. The first-order chi connectivity index (χ1) is 12.6. The number of rotatable bonds is 7. The highest BCUT2D eigenvalue weighted by Gasteiger charge is 2.15. The molecule has 0 unspecified atom stereocenters. The highest BCUT2D eigenvalue weighted by atomic mass is 16.4. The summed E-state index contributed by atoms with van der Waals surface area (Å²) in [4.78, 5) is 39.2. The number of aryl methyl sites for hydroxylation is 1. The van der Waals surface area contributed by atoms with Crippen LogP contribution >= 0.6 is 0 Å². The van der Waals surface area contributed by atoms with Crippen molar-refractivity contribution in [1.82, 2.24) is 20.1 Å². The summed E-state index contributed by atoms with van der Waals surface area (Å²) in [5.74, 6) is -0.899. The van der Waals surface area contributed by atoms with Crippen molar-refractivity contribution in [2.45, 2.75) is 13.0 Å². The van der Waals surface area contributed by atoms with Crippen LogP contribution in [0.2, 0.25) is 0 Å². The Bertz CT molecular complexity index is 944. The monoisotopic (exact) mass is 357 g/mol. The lowest BCUT2D eigenvalue weighted by molar-refractivity contribution is 0.0945. The fourth-order valence-electron chi connectivity index (χ4n) is 2.08. The van der Waals surface area contributed by atoms with Crippen molar-refractivity contribution in [3.05, 3.63) is 64.8 Å². The Balaban J connectivity index is 1.46. The molecule has 0 aliphatic heterocycles. The molecule has 0 fully saturated rings. The van der Waals surface area contributed by atoms with E-state index in [1.807, 2.05) is 0 Å². The molecule has 0 atom stereocenters. The number of nitrogens with zero attached hydrogens (tertiary/aromatic N) is 3. The van der Waals surface area contributed by atoms with Crippen LogP contribution in [0.5, 0.6) is 0 Å². The maximum absolute atomic E-state index is 12.0. The zero-order chi connectivity index (χ0) is 18.4. The standard InChI is InChI=1S/C16H15N5O5/c22-13-5-1-7-18-21(13)8-3-6-17-14(23)11-10-26-16(19-11)20-15(24)12-4-2-9-25-12/h1-2,4-5,7,9-10H,3,6,8H2,(H,17,23)(H,19,20,24). The van der Waals surface area contributed by atoms with Crippen LogP contribution in [0.3, 0.4) is 0 Å². The van der Waals surface area contributed by atoms with E-state index in [9.17, 15) is 14.4 Å². The lowest BCUT2D eigenvalue weighted by atomic mass is 10.4. The zero-order valence-electron chi connectivity index (χ0n) is 13.5. The van der Waals surface area contributed by atoms with Gasteiger partial charge in [0.1, 0.15) is 6.26 Å². The number of anilines is 1. The molecule has 2 N–H and O–H groups in total. The van der Waals surface area contributed by atoms with Crippen molar-refractivity contribution in [2.75, 3.05) is 11.9 Å². The van der Waals surface area contributed by atoms with E-state index in [0.29, 0.717) is 19.5 Å². The fourth-order valence-corrected chi connectivity index (χ4v) is 2.08. The van der Waals surface area contributed by atoms with Gasteiger partial charge in [0.15, 0.2) is 11.5 Å². The van der Waals surface area contributed by atoms with Gasteiger partial charge in [-0.2, -0.15) is 10.1 Å². The van der Waals surface area contributed by atoms with Crippen molar-refractivity contribution in [3.8, 4) is 0 Å². The predicted octanol–water partition coefficient (Wildman–Crippen LogP) is 0.897. The Kier molecular flexibility index (Phi) is 5.22. The molecule has 0 spiro atoms.